The highest BCUT2D eigenvalue weighted by molar-refractivity contribution is 6.03. The summed E-state index contributed by atoms with van der Waals surface area (Å²) in [6.45, 7) is 2.18. The smallest absolute Gasteiger partial charge is 0.222 e. The standard InChI is InChI=1S/C13H10.2CHNO.H2/c1-9-5-4-8-12-10-6-2-3-7-11(10)13(9)12;2*2-1-3;/h2-8H,1H3;2*2H;1H. The molecule has 0 radical (unpaired) electrons. The van der Waals surface area contributed by atoms with Gasteiger partial charge in [0.05, 0.1) is 0 Å². The molecule has 0 fully saturated rings. The van der Waals surface area contributed by atoms with Crippen LogP contribution in [0.2, 0.25) is 0 Å². The van der Waals surface area contributed by atoms with Crippen molar-refractivity contribution in [3.8, 4) is 22.3 Å². The number of hydrogen-bond donors (Lipinski definition) is 2. The maximum atomic E-state index is 8.35. The predicted octanol–water partition coefficient (Wildman–Crippen LogP) is 3.69. The molecule has 0 spiro atoms. The van der Waals surface area contributed by atoms with Gasteiger partial charge in [0.15, 0.2) is 0 Å². The lowest BCUT2D eigenvalue weighted by molar-refractivity contribution is 0.562. The number of carbonyl (C=O) groups excluding carboxylic acids is 2. The first-order chi connectivity index (χ1) is 9.21. The van der Waals surface area contributed by atoms with E-state index in [0.717, 1.165) is 12.2 Å². The Labute approximate surface area is 112 Å². The zero-order valence-corrected chi connectivity index (χ0v) is 10.4. The molecule has 0 aliphatic heterocycles. The van der Waals surface area contributed by atoms with Gasteiger partial charge in [-0.05, 0) is 34.7 Å². The molecule has 0 heterocycles. The van der Waals surface area contributed by atoms with Crippen molar-refractivity contribution in [1.29, 1.82) is 10.8 Å². The van der Waals surface area contributed by atoms with Crippen LogP contribution in [0.4, 0.5) is 0 Å². The molecule has 0 bridgehead atoms. The summed E-state index contributed by atoms with van der Waals surface area (Å²) in [5.41, 5.74) is 7.06. The highest BCUT2D eigenvalue weighted by atomic mass is 16.1. The van der Waals surface area contributed by atoms with E-state index in [2.05, 4.69) is 49.4 Å². The van der Waals surface area contributed by atoms with Crippen LogP contribution in [0.5, 0.6) is 0 Å². The Morgan fingerprint density at radius 3 is 1.89 bits per heavy atom. The van der Waals surface area contributed by atoms with Crippen LogP contribution in [0, 0.1) is 17.7 Å². The second-order valence-corrected chi connectivity index (χ2v) is 3.75. The van der Waals surface area contributed by atoms with Crippen molar-refractivity contribution in [2.75, 3.05) is 0 Å². The number of nitrogens with one attached hydrogen (secondary N) is 2. The molecular weight excluding hydrogens is 240 g/mol. The van der Waals surface area contributed by atoms with Crippen LogP contribution in [-0.4, -0.2) is 12.2 Å². The molecule has 3 rings (SSSR count). The molecule has 4 heteroatoms. The molecule has 2 aromatic rings. The van der Waals surface area contributed by atoms with Gasteiger partial charge >= 0.3 is 0 Å². The lowest BCUT2D eigenvalue weighted by Crippen LogP contribution is -1.99. The number of aryl methyl sites for hydroxylation is 1. The maximum Gasteiger partial charge on any atom is 0.231 e. The van der Waals surface area contributed by atoms with Gasteiger partial charge in [-0.3, -0.25) is 0 Å². The molecule has 4 nitrogen and oxygen atoms in total. The third-order valence-electron chi connectivity index (χ3n) is 2.76. The normalized spacial score (nSPS) is 8.68. The highest BCUT2D eigenvalue weighted by Crippen LogP contribution is 2.48. The summed E-state index contributed by atoms with van der Waals surface area (Å²) in [5.74, 6) is 0. The third kappa shape index (κ3) is 2.90. The summed E-state index contributed by atoms with van der Waals surface area (Å²) in [6.07, 6.45) is 1.50. The van der Waals surface area contributed by atoms with E-state index < -0.39 is 0 Å². The van der Waals surface area contributed by atoms with Gasteiger partial charge < -0.3 is 0 Å². The van der Waals surface area contributed by atoms with Crippen LogP contribution >= 0.6 is 0 Å². The second-order valence-electron chi connectivity index (χ2n) is 3.75. The largest absolute Gasteiger partial charge is 0.231 e. The van der Waals surface area contributed by atoms with Crippen LogP contribution in [-0.2, 0) is 9.59 Å². The molecular formula is C15H14N2O2. The Kier molecular flexibility index (Phi) is 5.12. The molecule has 0 amide bonds. The topological polar surface area (TPSA) is 81.8 Å². The van der Waals surface area contributed by atoms with E-state index in [9.17, 15) is 0 Å². The van der Waals surface area contributed by atoms with Gasteiger partial charge in [-0.15, -0.1) is 0 Å². The van der Waals surface area contributed by atoms with Crippen molar-refractivity contribution in [3.05, 3.63) is 48.0 Å². The fourth-order valence-corrected chi connectivity index (χ4v) is 2.12. The SMILES string of the molecule is Cc1cccc2c1-c1ccccc1-2.N=C=O.N=C=O.[HH]. The molecule has 1 aliphatic rings. The van der Waals surface area contributed by atoms with Gasteiger partial charge in [-0.25, -0.2) is 20.4 Å². The fraction of sp³-hybridized carbons (Fsp3) is 0.0667. The molecule has 0 saturated heterocycles. The van der Waals surface area contributed by atoms with Crippen LogP contribution in [0.25, 0.3) is 22.3 Å². The monoisotopic (exact) mass is 254 g/mol. The fourth-order valence-electron chi connectivity index (χ4n) is 2.12. The van der Waals surface area contributed by atoms with Gasteiger partial charge in [0.2, 0.25) is 12.2 Å². The minimum Gasteiger partial charge on any atom is -0.222 e. The molecule has 0 unspecified atom stereocenters. The number of fused-ring (bicyclic) bond motifs is 4. The molecule has 0 atom stereocenters. The van der Waals surface area contributed by atoms with Gasteiger partial charge in [0, 0.05) is 1.43 Å². The average molecular weight is 254 g/mol. The van der Waals surface area contributed by atoms with Crippen molar-refractivity contribution < 1.29 is 11.0 Å². The van der Waals surface area contributed by atoms with Crippen molar-refractivity contribution in [3.63, 3.8) is 0 Å². The minimum absolute atomic E-state index is 0. The molecule has 96 valence electrons. The Bertz CT molecular complexity index is 645. The minimum atomic E-state index is 0. The van der Waals surface area contributed by atoms with Crippen LogP contribution < -0.4 is 0 Å². The second kappa shape index (κ2) is 6.82. The van der Waals surface area contributed by atoms with Crippen molar-refractivity contribution in [2.24, 2.45) is 0 Å². The maximum absolute atomic E-state index is 8.35. The first-order valence-corrected chi connectivity index (χ1v) is 5.48. The van der Waals surface area contributed by atoms with E-state index in [1.165, 1.54) is 27.8 Å². The van der Waals surface area contributed by atoms with Gasteiger partial charge in [-0.2, -0.15) is 0 Å². The van der Waals surface area contributed by atoms with Crippen molar-refractivity contribution in [2.45, 2.75) is 6.92 Å². The highest BCUT2D eigenvalue weighted by Gasteiger charge is 2.22. The van der Waals surface area contributed by atoms with Crippen molar-refractivity contribution in [1.82, 2.24) is 0 Å². The first kappa shape index (κ1) is 14.3. The molecule has 2 aromatic carbocycles. The van der Waals surface area contributed by atoms with E-state index in [1.54, 1.807) is 0 Å². The van der Waals surface area contributed by atoms with E-state index in [1.807, 2.05) is 0 Å². The molecule has 1 aliphatic carbocycles. The van der Waals surface area contributed by atoms with Crippen LogP contribution in [0.1, 0.15) is 6.99 Å². The summed E-state index contributed by atoms with van der Waals surface area (Å²) in [6, 6.07) is 15.1. The third-order valence-corrected chi connectivity index (χ3v) is 2.76. The molecule has 0 aromatic heterocycles. The zero-order valence-electron chi connectivity index (χ0n) is 10.4. The summed E-state index contributed by atoms with van der Waals surface area (Å²) >= 11 is 0. The van der Waals surface area contributed by atoms with Gasteiger partial charge in [0.1, 0.15) is 0 Å². The number of benzene rings is 2. The summed E-state index contributed by atoms with van der Waals surface area (Å²) < 4.78 is 0. The van der Waals surface area contributed by atoms with Crippen LogP contribution in [0.3, 0.4) is 0 Å². The number of rotatable bonds is 0. The van der Waals surface area contributed by atoms with E-state index in [0.29, 0.717) is 0 Å². The lowest BCUT2D eigenvalue weighted by Gasteiger charge is -2.25. The summed E-state index contributed by atoms with van der Waals surface area (Å²) in [5, 5.41) is 10.8. The summed E-state index contributed by atoms with van der Waals surface area (Å²) in [4.78, 5) is 16.7. The lowest BCUT2D eigenvalue weighted by atomic mass is 9.78. The van der Waals surface area contributed by atoms with E-state index in [-0.39, 0.29) is 1.43 Å². The van der Waals surface area contributed by atoms with Crippen LogP contribution in [0.15, 0.2) is 42.5 Å². The Morgan fingerprint density at radius 1 is 0.842 bits per heavy atom. The predicted molar refractivity (Wildman–Crippen MR) is 74.5 cm³/mol. The van der Waals surface area contributed by atoms with Gasteiger partial charge in [-0.1, -0.05) is 42.5 Å². The van der Waals surface area contributed by atoms with Crippen molar-refractivity contribution >= 4 is 12.2 Å². The molecule has 19 heavy (non-hydrogen) atoms. The van der Waals surface area contributed by atoms with E-state index in [4.69, 9.17) is 20.4 Å². The molecule has 0 saturated carbocycles. The Morgan fingerprint density at radius 2 is 1.32 bits per heavy atom. The average Bonchev–Trinajstić information content (AvgIpc) is 2.37. The van der Waals surface area contributed by atoms with E-state index >= 15 is 0 Å². The Balaban J connectivity index is 0.000000452. The first-order valence-electron chi connectivity index (χ1n) is 5.48. The number of hydrogen-bond acceptors (Lipinski definition) is 4. The quantitative estimate of drug-likeness (QED) is 0.473. The molecule has 2 N–H and O–H groups in total. The Hall–Kier alpha value is -2.80. The van der Waals surface area contributed by atoms with Gasteiger partial charge in [0.25, 0.3) is 0 Å². The summed E-state index contributed by atoms with van der Waals surface area (Å²) in [7, 11) is 0. The number of isocyanates is 2. The zero-order chi connectivity index (χ0) is 14.3.